The highest BCUT2D eigenvalue weighted by molar-refractivity contribution is 6.02. The number of halogens is 6. The van der Waals surface area contributed by atoms with E-state index in [9.17, 15) is 31.1 Å². The Morgan fingerprint density at radius 3 is 2.19 bits per heavy atom. The van der Waals surface area contributed by atoms with Gasteiger partial charge in [-0.05, 0) is 37.3 Å². The summed E-state index contributed by atoms with van der Waals surface area (Å²) >= 11 is 0. The van der Waals surface area contributed by atoms with Gasteiger partial charge in [0.15, 0.2) is 0 Å². The van der Waals surface area contributed by atoms with Crippen LogP contribution in [0.15, 0.2) is 48.5 Å². The third-order valence-corrected chi connectivity index (χ3v) is 3.50. The van der Waals surface area contributed by atoms with Gasteiger partial charge < -0.3 is 5.32 Å². The maximum atomic E-state index is 13.1. The molecular formula is C17H14F6N2O. The first kappa shape index (κ1) is 19.6. The fraction of sp³-hybridized carbons (Fsp3) is 0.235. The van der Waals surface area contributed by atoms with Gasteiger partial charge in [0.25, 0.3) is 0 Å². The Balaban J connectivity index is 2.32. The average molecular weight is 376 g/mol. The summed E-state index contributed by atoms with van der Waals surface area (Å²) in [5.74, 6) is 0. The second-order valence-electron chi connectivity index (χ2n) is 5.27. The number of urea groups is 1. The molecule has 0 unspecified atom stereocenters. The summed E-state index contributed by atoms with van der Waals surface area (Å²) in [4.78, 5) is 13.2. The fourth-order valence-corrected chi connectivity index (χ4v) is 2.34. The lowest BCUT2D eigenvalue weighted by atomic mass is 10.1. The monoisotopic (exact) mass is 376 g/mol. The SMILES string of the molecule is CCN(C(=O)Nc1cccc(C(F)(F)F)c1)c1ccccc1C(F)(F)F. The van der Waals surface area contributed by atoms with Crippen LogP contribution in [-0.2, 0) is 12.4 Å². The van der Waals surface area contributed by atoms with E-state index in [0.717, 1.165) is 29.2 Å². The maximum Gasteiger partial charge on any atom is 0.418 e. The van der Waals surface area contributed by atoms with E-state index < -0.39 is 29.5 Å². The Hall–Kier alpha value is -2.71. The molecule has 0 heterocycles. The Morgan fingerprint density at radius 1 is 0.962 bits per heavy atom. The summed E-state index contributed by atoms with van der Waals surface area (Å²) in [5, 5.41) is 2.20. The summed E-state index contributed by atoms with van der Waals surface area (Å²) in [7, 11) is 0. The van der Waals surface area contributed by atoms with Crippen molar-refractivity contribution in [2.24, 2.45) is 0 Å². The van der Waals surface area contributed by atoms with Crippen LogP contribution in [0.3, 0.4) is 0 Å². The Labute approximate surface area is 145 Å². The zero-order valence-corrected chi connectivity index (χ0v) is 13.4. The van der Waals surface area contributed by atoms with Crippen LogP contribution in [-0.4, -0.2) is 12.6 Å². The smallest absolute Gasteiger partial charge is 0.308 e. The minimum Gasteiger partial charge on any atom is -0.308 e. The van der Waals surface area contributed by atoms with Gasteiger partial charge in [-0.15, -0.1) is 0 Å². The number of amides is 2. The number of hydrogen-bond acceptors (Lipinski definition) is 1. The molecular weight excluding hydrogens is 362 g/mol. The lowest BCUT2D eigenvalue weighted by Gasteiger charge is -2.25. The van der Waals surface area contributed by atoms with Crippen LogP contribution in [0.25, 0.3) is 0 Å². The van der Waals surface area contributed by atoms with Gasteiger partial charge in [-0.25, -0.2) is 4.79 Å². The highest BCUT2D eigenvalue weighted by Gasteiger charge is 2.35. The third kappa shape index (κ3) is 4.47. The quantitative estimate of drug-likeness (QED) is 0.677. The molecule has 2 aromatic carbocycles. The number of rotatable bonds is 3. The first-order chi connectivity index (χ1) is 12.0. The number of nitrogens with one attached hydrogen (secondary N) is 1. The molecule has 26 heavy (non-hydrogen) atoms. The van der Waals surface area contributed by atoms with E-state index in [1.165, 1.54) is 25.1 Å². The number of para-hydroxylation sites is 1. The van der Waals surface area contributed by atoms with Crippen LogP contribution in [0.4, 0.5) is 42.5 Å². The van der Waals surface area contributed by atoms with Gasteiger partial charge in [0, 0.05) is 12.2 Å². The van der Waals surface area contributed by atoms with Gasteiger partial charge in [0.1, 0.15) is 0 Å². The second kappa shape index (κ2) is 7.27. The molecule has 140 valence electrons. The van der Waals surface area contributed by atoms with E-state index >= 15 is 0 Å². The minimum absolute atomic E-state index is 0.113. The summed E-state index contributed by atoms with van der Waals surface area (Å²) in [6.45, 7) is 1.34. The van der Waals surface area contributed by atoms with Gasteiger partial charge in [-0.1, -0.05) is 18.2 Å². The highest BCUT2D eigenvalue weighted by atomic mass is 19.4. The molecule has 0 radical (unpaired) electrons. The molecule has 1 N–H and O–H groups in total. The summed E-state index contributed by atoms with van der Waals surface area (Å²) in [6.07, 6.45) is -9.28. The van der Waals surface area contributed by atoms with Gasteiger partial charge in [-0.2, -0.15) is 26.3 Å². The number of carbonyl (C=O) groups is 1. The number of benzene rings is 2. The van der Waals surface area contributed by atoms with Gasteiger partial charge >= 0.3 is 18.4 Å². The zero-order chi connectivity index (χ0) is 19.5. The van der Waals surface area contributed by atoms with E-state index in [0.29, 0.717) is 6.07 Å². The van der Waals surface area contributed by atoms with Crippen LogP contribution in [0.1, 0.15) is 18.1 Å². The van der Waals surface area contributed by atoms with Gasteiger partial charge in [-0.3, -0.25) is 4.90 Å². The van der Waals surface area contributed by atoms with Crippen molar-refractivity contribution in [2.75, 3.05) is 16.8 Å². The molecule has 0 aliphatic heterocycles. The highest BCUT2D eigenvalue weighted by Crippen LogP contribution is 2.37. The number of hydrogen-bond donors (Lipinski definition) is 1. The molecule has 2 amide bonds. The topological polar surface area (TPSA) is 32.3 Å². The standard InChI is InChI=1S/C17H14F6N2O/c1-2-25(14-9-4-3-8-13(14)17(21,22)23)15(26)24-12-7-5-6-11(10-12)16(18,19)20/h3-10H,2H2,1H3,(H,24,26). The van der Waals surface area contributed by atoms with Crippen molar-refractivity contribution in [3.05, 3.63) is 59.7 Å². The number of nitrogens with zero attached hydrogens (tertiary/aromatic N) is 1. The lowest BCUT2D eigenvalue weighted by Crippen LogP contribution is -2.36. The normalized spacial score (nSPS) is 12.0. The van der Waals surface area contributed by atoms with Crippen molar-refractivity contribution in [3.63, 3.8) is 0 Å². The molecule has 0 bridgehead atoms. The predicted molar refractivity (Wildman–Crippen MR) is 84.9 cm³/mol. The summed E-state index contributed by atoms with van der Waals surface area (Å²) in [6, 6.07) is 7.36. The largest absolute Gasteiger partial charge is 0.418 e. The van der Waals surface area contributed by atoms with Crippen molar-refractivity contribution in [1.29, 1.82) is 0 Å². The number of alkyl halides is 6. The Kier molecular flexibility index (Phi) is 5.48. The van der Waals surface area contributed by atoms with Crippen molar-refractivity contribution < 1.29 is 31.1 Å². The molecule has 2 rings (SSSR count). The van der Waals surface area contributed by atoms with Crippen molar-refractivity contribution in [1.82, 2.24) is 0 Å². The van der Waals surface area contributed by atoms with Crippen molar-refractivity contribution >= 4 is 17.4 Å². The van der Waals surface area contributed by atoms with E-state index in [1.807, 2.05) is 0 Å². The van der Waals surface area contributed by atoms with E-state index in [2.05, 4.69) is 5.32 Å². The zero-order valence-electron chi connectivity index (χ0n) is 13.4. The average Bonchev–Trinajstić information content (AvgIpc) is 2.54. The number of anilines is 2. The molecule has 3 nitrogen and oxygen atoms in total. The van der Waals surface area contributed by atoms with E-state index in [1.54, 1.807) is 0 Å². The van der Waals surface area contributed by atoms with Crippen LogP contribution in [0.2, 0.25) is 0 Å². The van der Waals surface area contributed by atoms with Crippen LogP contribution in [0.5, 0.6) is 0 Å². The Morgan fingerprint density at radius 2 is 1.62 bits per heavy atom. The van der Waals surface area contributed by atoms with Gasteiger partial charge in [0.2, 0.25) is 0 Å². The Bertz CT molecular complexity index is 785. The first-order valence-corrected chi connectivity index (χ1v) is 7.46. The molecule has 0 aromatic heterocycles. The summed E-state index contributed by atoms with van der Waals surface area (Å²) in [5.41, 5.74) is -2.55. The molecule has 0 aliphatic rings. The fourth-order valence-electron chi connectivity index (χ4n) is 2.34. The molecule has 0 saturated carbocycles. The molecule has 0 atom stereocenters. The van der Waals surface area contributed by atoms with Gasteiger partial charge in [0.05, 0.1) is 16.8 Å². The van der Waals surface area contributed by atoms with Crippen LogP contribution < -0.4 is 10.2 Å². The van der Waals surface area contributed by atoms with E-state index in [4.69, 9.17) is 0 Å². The molecule has 0 fully saturated rings. The van der Waals surface area contributed by atoms with Crippen molar-refractivity contribution in [2.45, 2.75) is 19.3 Å². The molecule has 9 heteroatoms. The third-order valence-electron chi connectivity index (χ3n) is 3.50. The maximum absolute atomic E-state index is 13.1. The first-order valence-electron chi connectivity index (χ1n) is 7.46. The predicted octanol–water partition coefficient (Wildman–Crippen LogP) is 5.78. The van der Waals surface area contributed by atoms with E-state index in [-0.39, 0.29) is 17.9 Å². The van der Waals surface area contributed by atoms with Crippen molar-refractivity contribution in [3.8, 4) is 0 Å². The minimum atomic E-state index is -4.68. The lowest BCUT2D eigenvalue weighted by molar-refractivity contribution is -0.138. The number of carbonyl (C=O) groups excluding carboxylic acids is 1. The van der Waals surface area contributed by atoms with Crippen LogP contribution in [0, 0.1) is 0 Å². The molecule has 2 aromatic rings. The summed E-state index contributed by atoms with van der Waals surface area (Å²) < 4.78 is 77.6. The molecule has 0 aliphatic carbocycles. The second-order valence-corrected chi connectivity index (χ2v) is 5.27. The molecule has 0 spiro atoms. The van der Waals surface area contributed by atoms with Crippen LogP contribution >= 0.6 is 0 Å². The molecule has 0 saturated heterocycles.